The first-order valence-corrected chi connectivity index (χ1v) is 14.4. The van der Waals surface area contributed by atoms with E-state index in [1.807, 2.05) is 23.5 Å². The van der Waals surface area contributed by atoms with Crippen molar-refractivity contribution in [3.8, 4) is 44.5 Å². The molecule has 0 saturated carbocycles. The molecule has 2 heteroatoms. The Morgan fingerprint density at radius 1 is 0.289 bits per heavy atom. The Kier molecular flexibility index (Phi) is 6.13. The van der Waals surface area contributed by atoms with Crippen LogP contribution in [0.5, 0.6) is 0 Å². The van der Waals surface area contributed by atoms with Gasteiger partial charge in [-0.3, -0.25) is 0 Å². The first kappa shape index (κ1) is 23.2. The van der Waals surface area contributed by atoms with E-state index in [0.29, 0.717) is 0 Å². The van der Waals surface area contributed by atoms with Crippen molar-refractivity contribution in [1.82, 2.24) is 0 Å². The second kappa shape index (κ2) is 10.1. The quantitative estimate of drug-likeness (QED) is 0.222. The van der Waals surface area contributed by atoms with Gasteiger partial charge in [-0.05, 0) is 63.2 Å². The zero-order valence-electron chi connectivity index (χ0n) is 20.7. The van der Waals surface area contributed by atoms with Gasteiger partial charge in [-0.15, -0.1) is 0 Å². The van der Waals surface area contributed by atoms with Crippen molar-refractivity contribution < 1.29 is 0 Å². The van der Waals surface area contributed by atoms with Crippen LogP contribution in [0.4, 0.5) is 0 Å². The molecular weight excluding hydrogens is 497 g/mol. The lowest BCUT2D eigenvalue weighted by molar-refractivity contribution is 1.32. The Bertz CT molecular complexity index is 1750. The van der Waals surface area contributed by atoms with Crippen LogP contribution in [0.2, 0.25) is 0 Å². The van der Waals surface area contributed by atoms with Crippen molar-refractivity contribution in [3.05, 3.63) is 146 Å². The maximum atomic E-state index is 2.36. The second-order valence-electron chi connectivity index (χ2n) is 9.32. The summed E-state index contributed by atoms with van der Waals surface area (Å²) in [7, 11) is 0. The standard InChI is InChI=1S/C36H24S2/c1-3-12-25(13-4-1)27-22-23-30-29-16-7-9-19-32(29)37-33-20-10-8-17-31(33)36-28(26-14-5-2-6-15-26)18-11-21-34(36)38-35(30)24-27/h1-24H. The fraction of sp³-hybridized carbons (Fsp3) is 0. The van der Waals surface area contributed by atoms with Gasteiger partial charge < -0.3 is 0 Å². The number of fused-ring (bicyclic) bond motifs is 6. The van der Waals surface area contributed by atoms with E-state index in [4.69, 9.17) is 0 Å². The second-order valence-corrected chi connectivity index (χ2v) is 11.5. The fourth-order valence-corrected chi connectivity index (χ4v) is 7.45. The van der Waals surface area contributed by atoms with Crippen molar-refractivity contribution in [3.63, 3.8) is 0 Å². The maximum absolute atomic E-state index is 2.36. The van der Waals surface area contributed by atoms with E-state index < -0.39 is 0 Å². The Labute approximate surface area is 232 Å². The van der Waals surface area contributed by atoms with Crippen LogP contribution in [0, 0.1) is 0 Å². The number of hydrogen-bond acceptors (Lipinski definition) is 2. The molecule has 0 radical (unpaired) electrons. The Hall–Kier alpha value is -3.98. The summed E-state index contributed by atoms with van der Waals surface area (Å²) in [4.78, 5) is 5.08. The number of hydrogen-bond donors (Lipinski definition) is 0. The third-order valence-electron chi connectivity index (χ3n) is 6.97. The molecule has 0 aliphatic carbocycles. The van der Waals surface area contributed by atoms with Crippen LogP contribution in [0.15, 0.2) is 165 Å². The zero-order chi connectivity index (χ0) is 25.3. The monoisotopic (exact) mass is 520 g/mol. The lowest BCUT2D eigenvalue weighted by Crippen LogP contribution is -1.94. The Morgan fingerprint density at radius 2 is 0.816 bits per heavy atom. The topological polar surface area (TPSA) is 0 Å². The lowest BCUT2D eigenvalue weighted by atomic mass is 9.94. The molecule has 0 fully saturated rings. The van der Waals surface area contributed by atoms with Crippen LogP contribution < -0.4 is 0 Å². The van der Waals surface area contributed by atoms with Gasteiger partial charge in [0.15, 0.2) is 0 Å². The highest BCUT2D eigenvalue weighted by atomic mass is 32.2. The van der Waals surface area contributed by atoms with E-state index in [9.17, 15) is 0 Å². The van der Waals surface area contributed by atoms with Gasteiger partial charge in [0.2, 0.25) is 0 Å². The SMILES string of the molecule is c1ccc(-c2ccc3c(c2)Sc2cccc(-c4ccccc4)c2-c2ccccc2Sc2ccccc2-3)cc1. The van der Waals surface area contributed by atoms with Crippen molar-refractivity contribution in [2.45, 2.75) is 19.6 Å². The first-order chi connectivity index (χ1) is 18.8. The predicted octanol–water partition coefficient (Wildman–Crippen LogP) is 11.0. The third-order valence-corrected chi connectivity index (χ3v) is 9.24. The fourth-order valence-electron chi connectivity index (χ4n) is 5.17. The summed E-state index contributed by atoms with van der Waals surface area (Å²) >= 11 is 3.74. The van der Waals surface area contributed by atoms with E-state index in [1.54, 1.807) is 0 Å². The minimum absolute atomic E-state index is 1.24. The van der Waals surface area contributed by atoms with Gasteiger partial charge in [0, 0.05) is 25.1 Å². The van der Waals surface area contributed by atoms with Gasteiger partial charge in [0.1, 0.15) is 0 Å². The molecule has 180 valence electrons. The van der Waals surface area contributed by atoms with E-state index in [0.717, 1.165) is 0 Å². The number of rotatable bonds is 2. The molecule has 6 aromatic carbocycles. The van der Waals surface area contributed by atoms with E-state index in [2.05, 4.69) is 146 Å². The van der Waals surface area contributed by atoms with Crippen LogP contribution in [0.25, 0.3) is 44.5 Å². The molecule has 0 N–H and O–H groups in total. The molecule has 0 aromatic heterocycles. The summed E-state index contributed by atoms with van der Waals surface area (Å²) in [5, 5.41) is 0. The summed E-state index contributed by atoms with van der Waals surface area (Å²) in [6, 6.07) is 52.8. The smallest absolute Gasteiger partial charge is 0.0207 e. The summed E-state index contributed by atoms with van der Waals surface area (Å²) < 4.78 is 0. The van der Waals surface area contributed by atoms with Crippen molar-refractivity contribution >= 4 is 23.5 Å². The minimum Gasteiger partial charge on any atom is -0.0888 e. The molecular formula is C36H24S2. The normalized spacial score (nSPS) is 12.0. The van der Waals surface area contributed by atoms with Gasteiger partial charge in [-0.1, -0.05) is 145 Å². The molecule has 7 rings (SSSR count). The largest absolute Gasteiger partial charge is 0.0888 e. The highest BCUT2D eigenvalue weighted by molar-refractivity contribution is 8.00. The average molecular weight is 521 g/mol. The predicted molar refractivity (Wildman–Crippen MR) is 163 cm³/mol. The van der Waals surface area contributed by atoms with Gasteiger partial charge in [-0.25, -0.2) is 0 Å². The van der Waals surface area contributed by atoms with E-state index >= 15 is 0 Å². The van der Waals surface area contributed by atoms with Crippen LogP contribution in [0.3, 0.4) is 0 Å². The molecule has 0 saturated heterocycles. The van der Waals surface area contributed by atoms with Gasteiger partial charge in [-0.2, -0.15) is 0 Å². The molecule has 0 spiro atoms. The molecule has 0 amide bonds. The van der Waals surface area contributed by atoms with Crippen LogP contribution in [-0.4, -0.2) is 0 Å². The van der Waals surface area contributed by atoms with Crippen LogP contribution >= 0.6 is 23.5 Å². The zero-order valence-corrected chi connectivity index (χ0v) is 22.3. The average Bonchev–Trinajstić information content (AvgIpc) is 2.99. The van der Waals surface area contributed by atoms with Crippen molar-refractivity contribution in [2.24, 2.45) is 0 Å². The van der Waals surface area contributed by atoms with Gasteiger partial charge in [0.25, 0.3) is 0 Å². The summed E-state index contributed by atoms with van der Waals surface area (Å²) in [5.74, 6) is 0. The Balaban J connectivity index is 1.52. The lowest BCUT2D eigenvalue weighted by Gasteiger charge is -2.22. The van der Waals surface area contributed by atoms with Crippen LogP contribution in [-0.2, 0) is 0 Å². The van der Waals surface area contributed by atoms with Gasteiger partial charge in [0.05, 0.1) is 0 Å². The van der Waals surface area contributed by atoms with Crippen molar-refractivity contribution in [1.29, 1.82) is 0 Å². The molecule has 0 nitrogen and oxygen atoms in total. The molecule has 1 heterocycles. The number of benzene rings is 6. The maximum Gasteiger partial charge on any atom is 0.0207 e. The molecule has 0 unspecified atom stereocenters. The first-order valence-electron chi connectivity index (χ1n) is 12.8. The van der Waals surface area contributed by atoms with E-state index in [-0.39, 0.29) is 0 Å². The van der Waals surface area contributed by atoms with Crippen molar-refractivity contribution in [2.75, 3.05) is 0 Å². The third kappa shape index (κ3) is 4.26. The highest BCUT2D eigenvalue weighted by Gasteiger charge is 2.21. The van der Waals surface area contributed by atoms with Gasteiger partial charge >= 0.3 is 0 Å². The molecule has 1 aliphatic heterocycles. The molecule has 0 bridgehead atoms. The minimum atomic E-state index is 1.24. The summed E-state index contributed by atoms with van der Waals surface area (Å²) in [6.45, 7) is 0. The summed E-state index contributed by atoms with van der Waals surface area (Å²) in [6.07, 6.45) is 0. The molecule has 38 heavy (non-hydrogen) atoms. The molecule has 6 aromatic rings. The molecule has 0 atom stereocenters. The molecule has 1 aliphatic rings. The summed E-state index contributed by atoms with van der Waals surface area (Å²) in [5.41, 5.74) is 10.1. The highest BCUT2D eigenvalue weighted by Crippen LogP contribution is 2.51. The van der Waals surface area contributed by atoms with Crippen LogP contribution in [0.1, 0.15) is 0 Å². The Morgan fingerprint density at radius 3 is 1.58 bits per heavy atom. The van der Waals surface area contributed by atoms with E-state index in [1.165, 1.54) is 64.1 Å².